The number of anilines is 1. The highest BCUT2D eigenvalue weighted by atomic mass is 32.1. The third kappa shape index (κ3) is 1.70. The molecule has 1 saturated carbocycles. The van der Waals surface area contributed by atoms with Crippen LogP contribution in [-0.2, 0) is 0 Å². The summed E-state index contributed by atoms with van der Waals surface area (Å²) in [6, 6.07) is 0. The normalized spacial score (nSPS) is 26.3. The molecule has 2 nitrogen and oxygen atoms in total. The molecule has 1 aliphatic carbocycles. The fraction of sp³-hybridized carbons (Fsp3) is 0.800. The Balaban J connectivity index is 1.78. The second-order valence-corrected chi connectivity index (χ2v) is 7.82. The zero-order valence-corrected chi connectivity index (χ0v) is 12.8. The summed E-state index contributed by atoms with van der Waals surface area (Å²) < 4.78 is 0. The molecule has 1 aromatic heterocycles. The first-order valence-corrected chi connectivity index (χ1v) is 8.03. The molecular weight excluding hydrogens is 240 g/mol. The van der Waals surface area contributed by atoms with Crippen LogP contribution in [0.25, 0.3) is 0 Å². The Morgan fingerprint density at radius 2 is 1.72 bits per heavy atom. The van der Waals surface area contributed by atoms with Crippen LogP contribution < -0.4 is 4.90 Å². The van der Waals surface area contributed by atoms with Crippen molar-refractivity contribution in [3.63, 3.8) is 0 Å². The Kier molecular flexibility index (Phi) is 2.74. The summed E-state index contributed by atoms with van der Waals surface area (Å²) >= 11 is 1.84. The molecular formula is C15H24N2S. The van der Waals surface area contributed by atoms with Crippen molar-refractivity contribution >= 4 is 16.5 Å². The van der Waals surface area contributed by atoms with Crippen LogP contribution in [0.2, 0.25) is 0 Å². The van der Waals surface area contributed by atoms with Gasteiger partial charge in [0.2, 0.25) is 0 Å². The van der Waals surface area contributed by atoms with Gasteiger partial charge in [0.25, 0.3) is 0 Å². The van der Waals surface area contributed by atoms with Crippen LogP contribution in [0.15, 0.2) is 5.38 Å². The van der Waals surface area contributed by atoms with Crippen LogP contribution in [0.3, 0.4) is 0 Å². The van der Waals surface area contributed by atoms with Crippen LogP contribution in [0.4, 0.5) is 5.13 Å². The molecule has 0 N–H and O–H groups in total. The zero-order valence-electron chi connectivity index (χ0n) is 12.0. The first kappa shape index (κ1) is 12.5. The minimum Gasteiger partial charge on any atom is -0.348 e. The van der Waals surface area contributed by atoms with Crippen LogP contribution in [0, 0.1) is 10.8 Å². The first-order valence-electron chi connectivity index (χ1n) is 7.15. The molecule has 3 heteroatoms. The van der Waals surface area contributed by atoms with E-state index in [-0.39, 0.29) is 0 Å². The van der Waals surface area contributed by atoms with Crippen molar-refractivity contribution in [3.05, 3.63) is 11.1 Å². The van der Waals surface area contributed by atoms with E-state index in [4.69, 9.17) is 4.98 Å². The van der Waals surface area contributed by atoms with Crippen molar-refractivity contribution < 1.29 is 0 Å². The van der Waals surface area contributed by atoms with Gasteiger partial charge in [-0.15, -0.1) is 11.3 Å². The molecule has 1 aliphatic heterocycles. The molecule has 1 saturated heterocycles. The van der Waals surface area contributed by atoms with Crippen LogP contribution in [0.1, 0.15) is 58.6 Å². The molecule has 2 heterocycles. The predicted molar refractivity (Wildman–Crippen MR) is 78.5 cm³/mol. The Morgan fingerprint density at radius 1 is 1.11 bits per heavy atom. The lowest BCUT2D eigenvalue weighted by molar-refractivity contribution is 0.457. The predicted octanol–water partition coefficient (Wildman–Crippen LogP) is 4.28. The van der Waals surface area contributed by atoms with Crippen molar-refractivity contribution in [2.24, 2.45) is 10.8 Å². The van der Waals surface area contributed by atoms with E-state index in [0.717, 1.165) is 0 Å². The molecule has 1 aromatic rings. The number of rotatable bonds is 2. The van der Waals surface area contributed by atoms with E-state index in [1.807, 2.05) is 11.3 Å². The van der Waals surface area contributed by atoms with E-state index >= 15 is 0 Å². The minimum absolute atomic E-state index is 0.403. The topological polar surface area (TPSA) is 16.1 Å². The monoisotopic (exact) mass is 264 g/mol. The molecule has 0 amide bonds. The summed E-state index contributed by atoms with van der Waals surface area (Å²) in [6.45, 7) is 11.9. The Hall–Kier alpha value is -0.570. The maximum atomic E-state index is 4.93. The van der Waals surface area contributed by atoms with Gasteiger partial charge in [-0.05, 0) is 30.1 Å². The summed E-state index contributed by atoms with van der Waals surface area (Å²) in [5.41, 5.74) is 2.14. The third-order valence-corrected chi connectivity index (χ3v) is 6.37. The molecule has 0 bridgehead atoms. The smallest absolute Gasteiger partial charge is 0.185 e. The highest BCUT2D eigenvalue weighted by molar-refractivity contribution is 7.13. The van der Waals surface area contributed by atoms with Crippen LogP contribution in [-0.4, -0.2) is 18.1 Å². The van der Waals surface area contributed by atoms with E-state index in [9.17, 15) is 0 Å². The van der Waals surface area contributed by atoms with Crippen molar-refractivity contribution in [2.75, 3.05) is 18.0 Å². The first-order chi connectivity index (χ1) is 8.44. The Morgan fingerprint density at radius 3 is 2.28 bits per heavy atom. The van der Waals surface area contributed by atoms with Gasteiger partial charge in [0.1, 0.15) is 0 Å². The van der Waals surface area contributed by atoms with Gasteiger partial charge in [-0.2, -0.15) is 0 Å². The average molecular weight is 264 g/mol. The standard InChI is InChI=1S/C15H24N2S/c1-14(2)12(15(14,3)4)11-10-18-13(16-11)17-8-6-5-7-9-17/h10,12H,5-9H2,1-4H3. The molecule has 0 radical (unpaired) electrons. The van der Waals surface area contributed by atoms with Gasteiger partial charge < -0.3 is 4.90 Å². The molecule has 0 spiro atoms. The van der Waals surface area contributed by atoms with Crippen molar-refractivity contribution in [2.45, 2.75) is 52.9 Å². The number of piperidine rings is 1. The minimum atomic E-state index is 0.403. The summed E-state index contributed by atoms with van der Waals surface area (Å²) in [5.74, 6) is 0.639. The molecule has 2 fully saturated rings. The maximum Gasteiger partial charge on any atom is 0.185 e. The van der Waals surface area contributed by atoms with Crippen molar-refractivity contribution in [1.29, 1.82) is 0 Å². The molecule has 100 valence electrons. The molecule has 3 rings (SSSR count). The lowest BCUT2D eigenvalue weighted by Gasteiger charge is -2.25. The van der Waals surface area contributed by atoms with Crippen molar-refractivity contribution in [1.82, 2.24) is 4.98 Å². The fourth-order valence-corrected chi connectivity index (χ4v) is 4.48. The number of nitrogens with zero attached hydrogens (tertiary/aromatic N) is 2. The number of hydrogen-bond acceptors (Lipinski definition) is 3. The van der Waals surface area contributed by atoms with Gasteiger partial charge in [0, 0.05) is 24.4 Å². The van der Waals surface area contributed by atoms with Gasteiger partial charge >= 0.3 is 0 Å². The summed E-state index contributed by atoms with van der Waals surface area (Å²) in [6.07, 6.45) is 4.04. The largest absolute Gasteiger partial charge is 0.348 e. The Bertz CT molecular complexity index is 427. The summed E-state index contributed by atoms with van der Waals surface area (Å²) in [4.78, 5) is 7.40. The second-order valence-electron chi connectivity index (χ2n) is 6.98. The van der Waals surface area contributed by atoms with Crippen LogP contribution in [0.5, 0.6) is 0 Å². The lowest BCUT2D eigenvalue weighted by Crippen LogP contribution is -2.29. The Labute approximate surface area is 114 Å². The second kappa shape index (κ2) is 3.96. The average Bonchev–Trinajstić information content (AvgIpc) is 2.72. The zero-order chi connectivity index (χ0) is 13.0. The molecule has 0 unspecified atom stereocenters. The molecule has 0 aromatic carbocycles. The molecule has 18 heavy (non-hydrogen) atoms. The van der Waals surface area contributed by atoms with Crippen molar-refractivity contribution in [3.8, 4) is 0 Å². The highest BCUT2D eigenvalue weighted by Crippen LogP contribution is 2.73. The van der Waals surface area contributed by atoms with Gasteiger partial charge in [-0.1, -0.05) is 27.7 Å². The van der Waals surface area contributed by atoms with Crippen LogP contribution >= 0.6 is 11.3 Å². The maximum absolute atomic E-state index is 4.93. The van der Waals surface area contributed by atoms with E-state index in [0.29, 0.717) is 16.7 Å². The summed E-state index contributed by atoms with van der Waals surface area (Å²) in [7, 11) is 0. The van der Waals surface area contributed by atoms with E-state index in [1.54, 1.807) is 0 Å². The van der Waals surface area contributed by atoms with Gasteiger partial charge in [0.15, 0.2) is 5.13 Å². The number of hydrogen-bond donors (Lipinski definition) is 0. The quantitative estimate of drug-likeness (QED) is 0.792. The number of thiazole rings is 1. The van der Waals surface area contributed by atoms with Gasteiger partial charge in [0.05, 0.1) is 5.69 Å². The number of aromatic nitrogens is 1. The van der Waals surface area contributed by atoms with E-state index in [1.165, 1.54) is 43.2 Å². The highest BCUT2D eigenvalue weighted by Gasteiger charge is 2.66. The van der Waals surface area contributed by atoms with Gasteiger partial charge in [-0.3, -0.25) is 0 Å². The summed E-state index contributed by atoms with van der Waals surface area (Å²) in [5, 5.41) is 3.55. The van der Waals surface area contributed by atoms with Gasteiger partial charge in [-0.25, -0.2) is 4.98 Å². The fourth-order valence-electron chi connectivity index (χ4n) is 3.58. The van der Waals surface area contributed by atoms with E-state index < -0.39 is 0 Å². The molecule has 0 atom stereocenters. The molecule has 2 aliphatic rings. The SMILES string of the molecule is CC1(C)C(c2csc(N3CCCCC3)n2)C1(C)C. The van der Waals surface area contributed by atoms with E-state index in [2.05, 4.69) is 38.0 Å². The third-order valence-electron chi connectivity index (χ3n) is 5.45. The lowest BCUT2D eigenvalue weighted by atomic mass is 10.0.